The first-order valence-corrected chi connectivity index (χ1v) is 9.32. The summed E-state index contributed by atoms with van der Waals surface area (Å²) in [7, 11) is 0. The van der Waals surface area contributed by atoms with E-state index in [1.165, 1.54) is 0 Å². The van der Waals surface area contributed by atoms with Crippen molar-refractivity contribution in [3.05, 3.63) is 56.6 Å². The minimum atomic E-state index is -4.67. The molecule has 0 saturated heterocycles. The van der Waals surface area contributed by atoms with Crippen molar-refractivity contribution in [1.82, 2.24) is 24.9 Å². The van der Waals surface area contributed by atoms with Crippen LogP contribution in [0.2, 0.25) is 10.0 Å². The number of carbonyl (C=O) groups is 1. The van der Waals surface area contributed by atoms with Crippen LogP contribution < -0.4 is 5.32 Å². The fraction of sp³-hybridized carbons (Fsp3) is 0.333. The third kappa shape index (κ3) is 4.79. The molecule has 0 aliphatic carbocycles. The highest BCUT2D eigenvalue weighted by atomic mass is 35.5. The summed E-state index contributed by atoms with van der Waals surface area (Å²) in [6.07, 6.45) is -4.21. The minimum absolute atomic E-state index is 0.0455. The lowest BCUT2D eigenvalue weighted by Gasteiger charge is -2.11. The zero-order valence-corrected chi connectivity index (χ0v) is 17.0. The van der Waals surface area contributed by atoms with Crippen LogP contribution in [0.5, 0.6) is 0 Å². The van der Waals surface area contributed by atoms with Gasteiger partial charge in [-0.3, -0.25) is 4.79 Å². The lowest BCUT2D eigenvalue weighted by Crippen LogP contribution is -2.28. The van der Waals surface area contributed by atoms with Crippen LogP contribution in [0.1, 0.15) is 28.3 Å². The van der Waals surface area contributed by atoms with Crippen LogP contribution in [-0.2, 0) is 23.8 Å². The molecule has 154 valence electrons. The van der Waals surface area contributed by atoms with Crippen molar-refractivity contribution < 1.29 is 18.0 Å². The van der Waals surface area contributed by atoms with Gasteiger partial charge in [0.1, 0.15) is 0 Å². The summed E-state index contributed by atoms with van der Waals surface area (Å²) >= 11 is 12.0. The van der Waals surface area contributed by atoms with E-state index >= 15 is 0 Å². The maximum Gasteiger partial charge on any atom is 0.453 e. The first kappa shape index (κ1) is 21.3. The zero-order chi connectivity index (χ0) is 21.3. The molecule has 29 heavy (non-hydrogen) atoms. The number of hydrogen-bond donors (Lipinski definition) is 1. The average Bonchev–Trinajstić information content (AvgIpc) is 3.05. The van der Waals surface area contributed by atoms with Crippen LogP contribution >= 0.6 is 23.2 Å². The standard InChI is InChI=1S/C18H16Cl2F3N5O/c1-9-13(10(2)28-17(25-9)26-16(27-28)18(21,22)23)8-15(29)24-6-5-11-3-4-12(19)7-14(11)20/h3-4,7H,5-6,8H2,1-2H3,(H,24,29). The quantitative estimate of drug-likeness (QED) is 0.644. The Morgan fingerprint density at radius 3 is 2.59 bits per heavy atom. The fourth-order valence-corrected chi connectivity index (χ4v) is 3.37. The average molecular weight is 446 g/mol. The van der Waals surface area contributed by atoms with E-state index < -0.39 is 12.0 Å². The number of aryl methyl sites for hydroxylation is 2. The van der Waals surface area contributed by atoms with Crippen molar-refractivity contribution in [3.8, 4) is 0 Å². The maximum absolute atomic E-state index is 12.9. The maximum atomic E-state index is 12.9. The topological polar surface area (TPSA) is 72.2 Å². The Morgan fingerprint density at radius 1 is 1.21 bits per heavy atom. The van der Waals surface area contributed by atoms with Crippen LogP contribution in [0.3, 0.4) is 0 Å². The van der Waals surface area contributed by atoms with Gasteiger partial charge in [-0.05, 0) is 38.0 Å². The van der Waals surface area contributed by atoms with E-state index in [1.54, 1.807) is 32.0 Å². The SMILES string of the molecule is Cc1nc2nc(C(F)(F)F)nn2c(C)c1CC(=O)NCCc1ccc(Cl)cc1Cl. The Morgan fingerprint density at radius 2 is 1.93 bits per heavy atom. The number of benzene rings is 1. The van der Waals surface area contributed by atoms with E-state index in [0.29, 0.717) is 40.0 Å². The van der Waals surface area contributed by atoms with E-state index in [1.807, 2.05) is 0 Å². The predicted molar refractivity (Wildman–Crippen MR) is 102 cm³/mol. The summed E-state index contributed by atoms with van der Waals surface area (Å²) in [5.74, 6) is -1.72. The van der Waals surface area contributed by atoms with Gasteiger partial charge in [0.05, 0.1) is 6.42 Å². The summed E-state index contributed by atoms with van der Waals surface area (Å²) < 4.78 is 39.6. The summed E-state index contributed by atoms with van der Waals surface area (Å²) in [5.41, 5.74) is 2.14. The summed E-state index contributed by atoms with van der Waals surface area (Å²) in [6, 6.07) is 5.12. The number of rotatable bonds is 5. The number of carbonyl (C=O) groups excluding carboxylic acids is 1. The Bertz CT molecular complexity index is 1080. The number of nitrogens with zero attached hydrogens (tertiary/aromatic N) is 4. The van der Waals surface area contributed by atoms with Gasteiger partial charge >= 0.3 is 6.18 Å². The molecule has 0 aliphatic heterocycles. The Labute approximate surface area is 174 Å². The lowest BCUT2D eigenvalue weighted by atomic mass is 10.1. The molecule has 1 amide bonds. The van der Waals surface area contributed by atoms with Gasteiger partial charge in [0, 0.05) is 33.5 Å². The number of hydrogen-bond acceptors (Lipinski definition) is 4. The molecule has 3 aromatic rings. The Kier molecular flexibility index (Phi) is 6.00. The van der Waals surface area contributed by atoms with Crippen molar-refractivity contribution >= 4 is 34.9 Å². The highest BCUT2D eigenvalue weighted by Gasteiger charge is 2.37. The third-order valence-corrected chi connectivity index (χ3v) is 4.96. The first-order valence-electron chi connectivity index (χ1n) is 8.57. The molecule has 0 radical (unpaired) electrons. The van der Waals surface area contributed by atoms with Crippen LogP contribution in [0.25, 0.3) is 5.78 Å². The van der Waals surface area contributed by atoms with Crippen molar-refractivity contribution in [3.63, 3.8) is 0 Å². The molecular formula is C18H16Cl2F3N5O. The lowest BCUT2D eigenvalue weighted by molar-refractivity contribution is -0.144. The van der Waals surface area contributed by atoms with Crippen molar-refractivity contribution in [1.29, 1.82) is 0 Å². The van der Waals surface area contributed by atoms with Gasteiger partial charge < -0.3 is 5.32 Å². The molecular weight excluding hydrogens is 430 g/mol. The fourth-order valence-electron chi connectivity index (χ4n) is 2.87. The van der Waals surface area contributed by atoms with Gasteiger partial charge in [-0.25, -0.2) is 9.50 Å². The molecule has 0 unspecified atom stereocenters. The third-order valence-electron chi connectivity index (χ3n) is 4.37. The Balaban J connectivity index is 1.71. The number of alkyl halides is 3. The second-order valence-electron chi connectivity index (χ2n) is 6.42. The molecule has 3 rings (SSSR count). The van der Waals surface area contributed by atoms with Gasteiger partial charge in [0.15, 0.2) is 0 Å². The van der Waals surface area contributed by atoms with Crippen molar-refractivity contribution in [2.45, 2.75) is 32.9 Å². The van der Waals surface area contributed by atoms with Gasteiger partial charge in [-0.1, -0.05) is 29.3 Å². The molecule has 0 fully saturated rings. The summed E-state index contributed by atoms with van der Waals surface area (Å²) in [6.45, 7) is 3.53. The monoisotopic (exact) mass is 445 g/mol. The molecule has 2 aromatic heterocycles. The molecule has 0 spiro atoms. The summed E-state index contributed by atoms with van der Waals surface area (Å²) in [4.78, 5) is 19.8. The molecule has 0 aliphatic rings. The van der Waals surface area contributed by atoms with Crippen molar-refractivity contribution in [2.75, 3.05) is 6.54 Å². The van der Waals surface area contributed by atoms with Crippen LogP contribution in [0.4, 0.5) is 13.2 Å². The highest BCUT2D eigenvalue weighted by Crippen LogP contribution is 2.27. The number of halogens is 5. The molecule has 0 saturated carbocycles. The van der Waals surface area contributed by atoms with E-state index in [4.69, 9.17) is 23.2 Å². The first-order chi connectivity index (χ1) is 13.6. The molecule has 0 bridgehead atoms. The molecule has 11 heteroatoms. The molecule has 1 N–H and O–H groups in total. The normalized spacial score (nSPS) is 11.8. The number of fused-ring (bicyclic) bond motifs is 1. The van der Waals surface area contributed by atoms with Crippen LogP contribution in [0.15, 0.2) is 18.2 Å². The van der Waals surface area contributed by atoms with Gasteiger partial charge in [-0.15, -0.1) is 5.10 Å². The second-order valence-corrected chi connectivity index (χ2v) is 7.26. The van der Waals surface area contributed by atoms with E-state index in [-0.39, 0.29) is 18.1 Å². The van der Waals surface area contributed by atoms with Crippen LogP contribution in [0, 0.1) is 13.8 Å². The Hall–Kier alpha value is -2.39. The number of aromatic nitrogens is 4. The van der Waals surface area contributed by atoms with Gasteiger partial charge in [0.25, 0.3) is 11.6 Å². The molecule has 1 aromatic carbocycles. The van der Waals surface area contributed by atoms with E-state index in [9.17, 15) is 18.0 Å². The smallest absolute Gasteiger partial charge is 0.355 e. The molecule has 6 nitrogen and oxygen atoms in total. The largest absolute Gasteiger partial charge is 0.453 e. The van der Waals surface area contributed by atoms with Gasteiger partial charge in [-0.2, -0.15) is 18.2 Å². The van der Waals surface area contributed by atoms with E-state index in [2.05, 4.69) is 20.4 Å². The molecule has 0 atom stereocenters. The number of amides is 1. The minimum Gasteiger partial charge on any atom is -0.355 e. The van der Waals surface area contributed by atoms with Crippen molar-refractivity contribution in [2.24, 2.45) is 0 Å². The van der Waals surface area contributed by atoms with E-state index in [0.717, 1.165) is 10.1 Å². The second kappa shape index (κ2) is 8.16. The van der Waals surface area contributed by atoms with Crippen LogP contribution in [-0.4, -0.2) is 32.0 Å². The summed E-state index contributed by atoms with van der Waals surface area (Å²) in [5, 5.41) is 7.28. The van der Waals surface area contributed by atoms with Gasteiger partial charge in [0.2, 0.25) is 5.91 Å². The highest BCUT2D eigenvalue weighted by molar-refractivity contribution is 6.35. The number of nitrogens with one attached hydrogen (secondary N) is 1. The molecule has 2 heterocycles. The predicted octanol–water partition coefficient (Wildman–Crippen LogP) is 3.97. The zero-order valence-electron chi connectivity index (χ0n) is 15.4.